The summed E-state index contributed by atoms with van der Waals surface area (Å²) in [5.74, 6) is -0.122. The number of likely N-dealkylation sites (N-methyl/N-ethyl adjacent to an activating group) is 2. The van der Waals surface area contributed by atoms with Crippen LogP contribution in [0.25, 0.3) is 0 Å². The third kappa shape index (κ3) is 4.01. The van der Waals surface area contributed by atoms with Crippen molar-refractivity contribution in [3.05, 3.63) is 35.4 Å². The molecule has 2 atom stereocenters. The highest BCUT2D eigenvalue weighted by Crippen LogP contribution is 2.32. The number of benzene rings is 1. The molecule has 6 nitrogen and oxygen atoms in total. The SMILES string of the molecule is CCN1CCC(N(C)C(=O)[C@H]2OCC(=O)N(C)[C@@H]2c2ccccc2C)CC1. The zero-order valence-corrected chi connectivity index (χ0v) is 16.9. The van der Waals surface area contributed by atoms with Gasteiger partial charge in [-0.2, -0.15) is 0 Å². The molecule has 1 aromatic rings. The van der Waals surface area contributed by atoms with Gasteiger partial charge in [0, 0.05) is 33.2 Å². The minimum Gasteiger partial charge on any atom is -0.356 e. The lowest BCUT2D eigenvalue weighted by Crippen LogP contribution is -2.56. The molecule has 0 radical (unpaired) electrons. The Morgan fingerprint density at radius 3 is 2.56 bits per heavy atom. The summed E-state index contributed by atoms with van der Waals surface area (Å²) in [6, 6.07) is 7.74. The molecule has 0 unspecified atom stereocenters. The van der Waals surface area contributed by atoms with E-state index in [0.29, 0.717) is 0 Å². The van der Waals surface area contributed by atoms with Gasteiger partial charge in [0.2, 0.25) is 5.91 Å². The Hall–Kier alpha value is -1.92. The summed E-state index contributed by atoms with van der Waals surface area (Å²) in [5, 5.41) is 0. The van der Waals surface area contributed by atoms with Gasteiger partial charge in [-0.25, -0.2) is 0 Å². The number of likely N-dealkylation sites (tertiary alicyclic amines) is 1. The summed E-state index contributed by atoms with van der Waals surface area (Å²) in [4.78, 5) is 31.5. The largest absolute Gasteiger partial charge is 0.356 e. The van der Waals surface area contributed by atoms with Gasteiger partial charge in [0.1, 0.15) is 6.61 Å². The third-order valence-electron chi connectivity index (χ3n) is 6.13. The van der Waals surface area contributed by atoms with Crippen LogP contribution in [0.3, 0.4) is 0 Å². The smallest absolute Gasteiger partial charge is 0.254 e. The fourth-order valence-electron chi connectivity index (χ4n) is 4.21. The highest BCUT2D eigenvalue weighted by Gasteiger charge is 2.42. The molecule has 0 aromatic heterocycles. The molecule has 0 aliphatic carbocycles. The number of nitrogens with zero attached hydrogens (tertiary/aromatic N) is 3. The molecule has 2 heterocycles. The average molecular weight is 373 g/mol. The molecule has 27 heavy (non-hydrogen) atoms. The number of morpholine rings is 1. The number of hydrogen-bond acceptors (Lipinski definition) is 4. The highest BCUT2D eigenvalue weighted by molar-refractivity contribution is 5.86. The van der Waals surface area contributed by atoms with Crippen molar-refractivity contribution in [2.24, 2.45) is 0 Å². The number of carbonyl (C=O) groups is 2. The maximum Gasteiger partial charge on any atom is 0.254 e. The van der Waals surface area contributed by atoms with Crippen LogP contribution in [0.5, 0.6) is 0 Å². The van der Waals surface area contributed by atoms with Crippen LogP contribution in [-0.4, -0.2) is 79.0 Å². The van der Waals surface area contributed by atoms with Crippen LogP contribution in [0.2, 0.25) is 0 Å². The van der Waals surface area contributed by atoms with Crippen molar-refractivity contribution in [3.8, 4) is 0 Å². The molecule has 2 saturated heterocycles. The van der Waals surface area contributed by atoms with Crippen molar-refractivity contribution in [2.75, 3.05) is 40.3 Å². The topological polar surface area (TPSA) is 53.1 Å². The van der Waals surface area contributed by atoms with Gasteiger partial charge >= 0.3 is 0 Å². The molecule has 0 bridgehead atoms. The van der Waals surface area contributed by atoms with E-state index in [1.807, 2.05) is 43.1 Å². The fourth-order valence-corrected chi connectivity index (χ4v) is 4.21. The Morgan fingerprint density at radius 2 is 1.93 bits per heavy atom. The first-order chi connectivity index (χ1) is 12.9. The van der Waals surface area contributed by atoms with Gasteiger partial charge in [-0.05, 0) is 37.4 Å². The first kappa shape index (κ1) is 19.8. The maximum atomic E-state index is 13.3. The predicted molar refractivity (Wildman–Crippen MR) is 104 cm³/mol. The molecule has 2 amide bonds. The Labute approximate surface area is 162 Å². The van der Waals surface area contributed by atoms with E-state index >= 15 is 0 Å². The van der Waals surface area contributed by atoms with Gasteiger partial charge in [-0.3, -0.25) is 9.59 Å². The van der Waals surface area contributed by atoms with E-state index in [0.717, 1.165) is 43.6 Å². The maximum absolute atomic E-state index is 13.3. The van der Waals surface area contributed by atoms with E-state index < -0.39 is 12.1 Å². The van der Waals surface area contributed by atoms with Crippen molar-refractivity contribution < 1.29 is 14.3 Å². The van der Waals surface area contributed by atoms with Gasteiger partial charge < -0.3 is 19.4 Å². The number of hydrogen-bond donors (Lipinski definition) is 0. The number of aryl methyl sites for hydroxylation is 1. The number of piperidine rings is 1. The normalized spacial score (nSPS) is 24.9. The zero-order chi connectivity index (χ0) is 19.6. The first-order valence-corrected chi connectivity index (χ1v) is 9.85. The molecular formula is C21H31N3O3. The third-order valence-corrected chi connectivity index (χ3v) is 6.13. The standard InChI is InChI=1S/C21H31N3O3/c1-5-24-12-10-16(11-13-24)22(3)21(26)20-19(23(4)18(25)14-27-20)17-9-7-6-8-15(17)2/h6-9,16,19-20H,5,10-14H2,1-4H3/t19-,20+/m1/s1. The molecule has 1 aromatic carbocycles. The van der Waals surface area contributed by atoms with Crippen molar-refractivity contribution >= 4 is 11.8 Å². The summed E-state index contributed by atoms with van der Waals surface area (Å²) >= 11 is 0. The molecule has 3 rings (SSSR count). The molecule has 2 aliphatic heterocycles. The van der Waals surface area contributed by atoms with Crippen LogP contribution in [0, 0.1) is 6.92 Å². The fraction of sp³-hybridized carbons (Fsp3) is 0.619. The van der Waals surface area contributed by atoms with Crippen LogP contribution in [-0.2, 0) is 14.3 Å². The molecule has 0 N–H and O–H groups in total. The minimum atomic E-state index is -0.664. The Kier molecular flexibility index (Phi) is 6.17. The van der Waals surface area contributed by atoms with Gasteiger partial charge in [-0.15, -0.1) is 0 Å². The Balaban J connectivity index is 1.81. The lowest BCUT2D eigenvalue weighted by atomic mass is 9.93. The predicted octanol–water partition coefficient (Wildman–Crippen LogP) is 1.84. The van der Waals surface area contributed by atoms with Crippen LogP contribution in [0.1, 0.15) is 36.9 Å². The van der Waals surface area contributed by atoms with Crippen molar-refractivity contribution in [3.63, 3.8) is 0 Å². The number of amides is 2. The number of rotatable bonds is 4. The van der Waals surface area contributed by atoms with E-state index in [1.54, 1.807) is 11.9 Å². The first-order valence-electron chi connectivity index (χ1n) is 9.85. The van der Waals surface area contributed by atoms with E-state index in [-0.39, 0.29) is 24.5 Å². The molecule has 148 valence electrons. The second kappa shape index (κ2) is 8.40. The minimum absolute atomic E-state index is 0.0300. The van der Waals surface area contributed by atoms with Crippen LogP contribution in [0.4, 0.5) is 0 Å². The molecule has 6 heteroatoms. The number of ether oxygens (including phenoxy) is 1. The summed E-state index contributed by atoms with van der Waals surface area (Å²) in [6.07, 6.45) is 1.29. The Morgan fingerprint density at radius 1 is 1.26 bits per heavy atom. The van der Waals surface area contributed by atoms with Crippen LogP contribution in [0.15, 0.2) is 24.3 Å². The monoisotopic (exact) mass is 373 g/mol. The van der Waals surface area contributed by atoms with E-state index in [9.17, 15) is 9.59 Å². The Bertz CT molecular complexity index is 685. The molecular weight excluding hydrogens is 342 g/mol. The van der Waals surface area contributed by atoms with E-state index in [2.05, 4.69) is 11.8 Å². The highest BCUT2D eigenvalue weighted by atomic mass is 16.5. The van der Waals surface area contributed by atoms with E-state index in [4.69, 9.17) is 4.74 Å². The van der Waals surface area contributed by atoms with Crippen LogP contribution >= 0.6 is 0 Å². The molecule has 0 saturated carbocycles. The summed E-state index contributed by atoms with van der Waals surface area (Å²) in [7, 11) is 3.64. The lowest BCUT2D eigenvalue weighted by Gasteiger charge is -2.42. The number of carbonyl (C=O) groups excluding carboxylic acids is 2. The van der Waals surface area contributed by atoms with Gasteiger partial charge in [0.25, 0.3) is 5.91 Å². The molecule has 2 aliphatic rings. The average Bonchev–Trinajstić information content (AvgIpc) is 2.69. The van der Waals surface area contributed by atoms with Crippen molar-refractivity contribution in [1.29, 1.82) is 0 Å². The van der Waals surface area contributed by atoms with Crippen molar-refractivity contribution in [1.82, 2.24) is 14.7 Å². The molecule has 0 spiro atoms. The zero-order valence-electron chi connectivity index (χ0n) is 16.9. The second-order valence-electron chi connectivity index (χ2n) is 7.65. The summed E-state index contributed by atoms with van der Waals surface area (Å²) in [6.45, 7) is 7.22. The van der Waals surface area contributed by atoms with Crippen molar-refractivity contribution in [2.45, 2.75) is 44.9 Å². The lowest BCUT2D eigenvalue weighted by molar-refractivity contribution is -0.168. The van der Waals surface area contributed by atoms with E-state index in [1.165, 1.54) is 0 Å². The summed E-state index contributed by atoms with van der Waals surface area (Å²) in [5.41, 5.74) is 2.03. The molecule has 2 fully saturated rings. The van der Waals surface area contributed by atoms with Gasteiger partial charge in [0.15, 0.2) is 6.10 Å². The van der Waals surface area contributed by atoms with Gasteiger partial charge in [-0.1, -0.05) is 31.2 Å². The second-order valence-corrected chi connectivity index (χ2v) is 7.65. The van der Waals surface area contributed by atoms with Crippen LogP contribution < -0.4 is 0 Å². The van der Waals surface area contributed by atoms with Gasteiger partial charge in [0.05, 0.1) is 6.04 Å². The quantitative estimate of drug-likeness (QED) is 0.808. The summed E-state index contributed by atoms with van der Waals surface area (Å²) < 4.78 is 5.81.